The first-order chi connectivity index (χ1) is 16.3. The van der Waals surface area contributed by atoms with E-state index in [0.29, 0.717) is 40.9 Å². The number of hydrogen-bond acceptors (Lipinski definition) is 5. The van der Waals surface area contributed by atoms with Gasteiger partial charge in [0.1, 0.15) is 24.6 Å². The molecule has 34 heavy (non-hydrogen) atoms. The van der Waals surface area contributed by atoms with Gasteiger partial charge in [-0.05, 0) is 68.1 Å². The topological polar surface area (TPSA) is 74.3 Å². The number of benzene rings is 2. The van der Waals surface area contributed by atoms with Gasteiger partial charge >= 0.3 is 0 Å². The predicted molar refractivity (Wildman–Crippen MR) is 128 cm³/mol. The molecule has 0 spiro atoms. The van der Waals surface area contributed by atoms with Gasteiger partial charge in [0.15, 0.2) is 5.65 Å². The van der Waals surface area contributed by atoms with Gasteiger partial charge in [-0.3, -0.25) is 0 Å². The Morgan fingerprint density at radius 1 is 1.15 bits per heavy atom. The second-order valence-electron chi connectivity index (χ2n) is 8.82. The van der Waals surface area contributed by atoms with Crippen molar-refractivity contribution in [2.75, 3.05) is 24.8 Å². The van der Waals surface area contributed by atoms with Crippen LogP contribution in [-0.4, -0.2) is 34.5 Å². The molecule has 2 aromatic carbocycles. The third-order valence-electron chi connectivity index (χ3n) is 6.23. The van der Waals surface area contributed by atoms with Crippen molar-refractivity contribution in [3.63, 3.8) is 0 Å². The summed E-state index contributed by atoms with van der Waals surface area (Å²) in [7, 11) is -2.68. The number of hydrogen-bond donors (Lipinski definition) is 0. The first-order valence-electron chi connectivity index (χ1n) is 10.9. The minimum Gasteiger partial charge on any atom is -0.349 e. The lowest BCUT2D eigenvalue weighted by molar-refractivity contribution is 0.560. The Morgan fingerprint density at radius 3 is 2.74 bits per heavy atom. The molecule has 1 fully saturated rings. The Hall–Kier alpha value is -3.56. The van der Waals surface area contributed by atoms with Crippen molar-refractivity contribution < 1.29 is 13.3 Å². The summed E-state index contributed by atoms with van der Waals surface area (Å²) in [5, 5.41) is 14.3. The van der Waals surface area contributed by atoms with E-state index in [9.17, 15) is 18.6 Å². The number of fused-ring (bicyclic) bond motifs is 1. The van der Waals surface area contributed by atoms with E-state index in [1.54, 1.807) is 48.4 Å². The van der Waals surface area contributed by atoms with Gasteiger partial charge in [0.25, 0.3) is 0 Å². The highest BCUT2D eigenvalue weighted by Crippen LogP contribution is 2.39. The molecule has 0 amide bonds. The molecule has 0 aliphatic carbocycles. The summed E-state index contributed by atoms with van der Waals surface area (Å²) in [6.07, 6.45) is 5.00. The molecule has 2 aromatic heterocycles. The highest BCUT2D eigenvalue weighted by molar-refractivity contribution is 7.70. The molecule has 1 saturated heterocycles. The van der Waals surface area contributed by atoms with Gasteiger partial charge in [0, 0.05) is 29.2 Å². The summed E-state index contributed by atoms with van der Waals surface area (Å²) in [5.41, 5.74) is 2.78. The van der Waals surface area contributed by atoms with Gasteiger partial charge in [0.05, 0.1) is 23.9 Å². The van der Waals surface area contributed by atoms with Crippen molar-refractivity contribution in [3.05, 3.63) is 77.6 Å². The summed E-state index contributed by atoms with van der Waals surface area (Å²) < 4.78 is 42.8. The number of nitrogens with zero attached hydrogens (tertiary/aromatic N) is 5. The third kappa shape index (κ3) is 3.86. The maximum atomic E-state index is 14.5. The van der Waals surface area contributed by atoms with Crippen LogP contribution in [0.25, 0.3) is 16.8 Å². The second-order valence-corrected chi connectivity index (χ2v) is 12.0. The molecule has 3 heterocycles. The molecule has 1 unspecified atom stereocenters. The van der Waals surface area contributed by atoms with E-state index in [4.69, 9.17) is 4.98 Å². The first kappa shape index (κ1) is 22.2. The summed E-state index contributed by atoms with van der Waals surface area (Å²) in [4.78, 5) is 6.82. The quantitative estimate of drug-likeness (QED) is 0.381. The number of halogens is 2. The van der Waals surface area contributed by atoms with Crippen LogP contribution in [0.5, 0.6) is 0 Å². The van der Waals surface area contributed by atoms with E-state index in [1.807, 2.05) is 11.0 Å². The Labute approximate surface area is 195 Å². The smallest absolute Gasteiger partial charge is 0.165 e. The van der Waals surface area contributed by atoms with Crippen LogP contribution >= 0.6 is 7.14 Å². The third-order valence-corrected chi connectivity index (χ3v) is 7.76. The molecule has 6 nitrogen and oxygen atoms in total. The van der Waals surface area contributed by atoms with E-state index < -0.39 is 18.8 Å². The highest BCUT2D eigenvalue weighted by Gasteiger charge is 2.30. The molecule has 0 N–H and O–H groups in total. The number of anilines is 1. The van der Waals surface area contributed by atoms with Crippen LogP contribution in [0.15, 0.2) is 54.9 Å². The van der Waals surface area contributed by atoms with Crippen LogP contribution in [0.1, 0.15) is 30.0 Å². The Balaban J connectivity index is 1.59. The van der Waals surface area contributed by atoms with Gasteiger partial charge < -0.3 is 9.46 Å². The monoisotopic (exact) mass is 477 g/mol. The van der Waals surface area contributed by atoms with Gasteiger partial charge in [-0.2, -0.15) is 10.4 Å². The summed E-state index contributed by atoms with van der Waals surface area (Å²) in [6, 6.07) is 12.4. The van der Waals surface area contributed by atoms with Crippen LogP contribution < -0.4 is 10.2 Å². The van der Waals surface area contributed by atoms with Crippen LogP contribution in [0.4, 0.5) is 14.6 Å². The van der Waals surface area contributed by atoms with Crippen LogP contribution in [-0.2, 0) is 4.57 Å². The average Bonchev–Trinajstić information content (AvgIpc) is 3.46. The van der Waals surface area contributed by atoms with Gasteiger partial charge in [-0.1, -0.05) is 6.07 Å². The van der Waals surface area contributed by atoms with E-state index in [2.05, 4.69) is 11.2 Å². The van der Waals surface area contributed by atoms with Gasteiger partial charge in [-0.15, -0.1) is 0 Å². The Morgan fingerprint density at radius 2 is 1.97 bits per heavy atom. The Bertz CT molecular complexity index is 1500. The highest BCUT2D eigenvalue weighted by atomic mass is 31.2. The molecule has 5 rings (SSSR count). The number of rotatable bonds is 4. The summed E-state index contributed by atoms with van der Waals surface area (Å²) in [5.74, 6) is -0.255. The van der Waals surface area contributed by atoms with Crippen molar-refractivity contribution in [2.24, 2.45) is 0 Å². The fourth-order valence-electron chi connectivity index (χ4n) is 4.60. The first-order valence-corrected chi connectivity index (χ1v) is 13.5. The predicted octanol–water partition coefficient (Wildman–Crippen LogP) is 5.14. The molecule has 1 aliphatic rings. The maximum absolute atomic E-state index is 14.5. The average molecular weight is 477 g/mol. The zero-order valence-electron chi connectivity index (χ0n) is 18.7. The summed E-state index contributed by atoms with van der Waals surface area (Å²) in [6.45, 7) is 3.94. The number of nitriles is 1. The zero-order chi connectivity index (χ0) is 24.0. The molecule has 0 radical (unpaired) electrons. The molecular weight excluding hydrogens is 455 g/mol. The fourth-order valence-corrected chi connectivity index (χ4v) is 5.75. The largest absolute Gasteiger partial charge is 0.349 e. The fraction of sp³-hybridized carbons (Fsp3) is 0.240. The molecule has 1 aliphatic heterocycles. The molecule has 9 heteroatoms. The van der Waals surface area contributed by atoms with Gasteiger partial charge in [-0.25, -0.2) is 18.3 Å². The van der Waals surface area contributed by atoms with Crippen molar-refractivity contribution in [1.29, 1.82) is 5.26 Å². The SMILES string of the molecule is CP(C)(=O)c1cc(-c2cnn3ccc(N4CCCC4c4cc(F)ccc4F)nc23)ccc1C#N. The number of aromatic nitrogens is 3. The molecule has 4 aromatic rings. The maximum Gasteiger partial charge on any atom is 0.165 e. The van der Waals surface area contributed by atoms with Crippen molar-refractivity contribution in [2.45, 2.75) is 18.9 Å². The lowest BCUT2D eigenvalue weighted by atomic mass is 10.0. The molecule has 1 atom stereocenters. The van der Waals surface area contributed by atoms with Crippen LogP contribution in [0.3, 0.4) is 0 Å². The van der Waals surface area contributed by atoms with Crippen LogP contribution in [0.2, 0.25) is 0 Å². The van der Waals surface area contributed by atoms with E-state index >= 15 is 0 Å². The van der Waals surface area contributed by atoms with E-state index in [1.165, 1.54) is 6.07 Å². The Kier molecular flexibility index (Phi) is 5.45. The zero-order valence-corrected chi connectivity index (χ0v) is 19.6. The van der Waals surface area contributed by atoms with E-state index in [-0.39, 0.29) is 6.04 Å². The minimum atomic E-state index is -2.68. The molecule has 0 bridgehead atoms. The van der Waals surface area contributed by atoms with Crippen molar-refractivity contribution in [3.8, 4) is 17.2 Å². The lowest BCUT2D eigenvalue weighted by Crippen LogP contribution is -2.24. The second kappa shape index (κ2) is 8.34. The van der Waals surface area contributed by atoms with Crippen molar-refractivity contribution in [1.82, 2.24) is 14.6 Å². The molecular formula is C25H22F2N5OP. The normalized spacial score (nSPS) is 16.2. The summed E-state index contributed by atoms with van der Waals surface area (Å²) >= 11 is 0. The molecule has 172 valence electrons. The van der Waals surface area contributed by atoms with Crippen LogP contribution in [0, 0.1) is 23.0 Å². The standard InChI is InChI=1S/C25H22F2N5OP/c1-34(2,33)23-12-16(5-6-17(23)14-28)20-15-29-32-11-9-24(30-25(20)32)31-10-3-4-22(31)19-13-18(26)7-8-21(19)27/h5-9,11-13,15,22H,3-4,10H2,1-2H3. The minimum absolute atomic E-state index is 0.315. The van der Waals surface area contributed by atoms with Gasteiger partial charge in [0.2, 0.25) is 0 Å². The van der Waals surface area contributed by atoms with Crippen molar-refractivity contribution >= 4 is 23.9 Å². The van der Waals surface area contributed by atoms with E-state index in [0.717, 1.165) is 29.7 Å². The molecule has 0 saturated carbocycles. The lowest BCUT2D eigenvalue weighted by Gasteiger charge is -2.26.